The number of pyridine rings is 1. The maximum atomic E-state index is 12.1. The standard InChI is InChI=1S/C12H9Cl2NO2S/c13-10-5-4-9(11(14)7-10)8-18(16,17)12-3-1-2-6-15-12/h1-7H,8H2. The lowest BCUT2D eigenvalue weighted by atomic mass is 10.2. The van der Waals surface area contributed by atoms with E-state index in [1.165, 1.54) is 18.3 Å². The van der Waals surface area contributed by atoms with E-state index in [0.29, 0.717) is 15.6 Å². The van der Waals surface area contributed by atoms with Gasteiger partial charge in [-0.3, -0.25) is 0 Å². The van der Waals surface area contributed by atoms with E-state index in [0.717, 1.165) is 0 Å². The first-order valence-corrected chi connectivity index (χ1v) is 7.47. The van der Waals surface area contributed by atoms with Crippen LogP contribution in [-0.4, -0.2) is 13.4 Å². The van der Waals surface area contributed by atoms with Gasteiger partial charge in [-0.15, -0.1) is 0 Å². The van der Waals surface area contributed by atoms with Gasteiger partial charge in [0.05, 0.1) is 5.75 Å². The predicted octanol–water partition coefficient (Wildman–Crippen LogP) is 3.36. The van der Waals surface area contributed by atoms with Crippen LogP contribution in [0.4, 0.5) is 0 Å². The van der Waals surface area contributed by atoms with E-state index in [1.807, 2.05) is 0 Å². The second-order valence-electron chi connectivity index (χ2n) is 3.66. The molecule has 0 spiro atoms. The summed E-state index contributed by atoms with van der Waals surface area (Å²) in [4.78, 5) is 3.84. The van der Waals surface area contributed by atoms with E-state index in [1.54, 1.807) is 24.3 Å². The Kier molecular flexibility index (Phi) is 3.90. The van der Waals surface area contributed by atoms with Crippen LogP contribution in [0.3, 0.4) is 0 Å². The average molecular weight is 302 g/mol. The van der Waals surface area contributed by atoms with Gasteiger partial charge in [0.25, 0.3) is 0 Å². The first-order chi connectivity index (χ1) is 8.49. The molecule has 1 heterocycles. The molecule has 0 saturated heterocycles. The van der Waals surface area contributed by atoms with Crippen LogP contribution in [0.25, 0.3) is 0 Å². The van der Waals surface area contributed by atoms with Crippen molar-refractivity contribution in [2.45, 2.75) is 10.8 Å². The van der Waals surface area contributed by atoms with Gasteiger partial charge in [0.2, 0.25) is 0 Å². The molecular formula is C12H9Cl2NO2S. The summed E-state index contributed by atoms with van der Waals surface area (Å²) >= 11 is 11.7. The summed E-state index contributed by atoms with van der Waals surface area (Å²) in [5.74, 6) is -0.194. The Labute approximate surface area is 115 Å². The van der Waals surface area contributed by atoms with Crippen LogP contribution in [0, 0.1) is 0 Å². The van der Waals surface area contributed by atoms with Crippen molar-refractivity contribution in [1.82, 2.24) is 4.98 Å². The smallest absolute Gasteiger partial charge is 0.199 e. The van der Waals surface area contributed by atoms with Crippen molar-refractivity contribution in [3.63, 3.8) is 0 Å². The van der Waals surface area contributed by atoms with Crippen molar-refractivity contribution in [3.8, 4) is 0 Å². The molecule has 0 aliphatic rings. The first kappa shape index (κ1) is 13.3. The number of halogens is 2. The lowest BCUT2D eigenvalue weighted by molar-refractivity contribution is 0.591. The molecule has 0 aliphatic heterocycles. The molecule has 18 heavy (non-hydrogen) atoms. The maximum absolute atomic E-state index is 12.1. The molecule has 2 rings (SSSR count). The van der Waals surface area contributed by atoms with Crippen molar-refractivity contribution in [1.29, 1.82) is 0 Å². The SMILES string of the molecule is O=S(=O)(Cc1ccc(Cl)cc1Cl)c1ccccn1. The second kappa shape index (κ2) is 5.26. The normalized spacial score (nSPS) is 11.4. The molecule has 2 aromatic rings. The monoisotopic (exact) mass is 301 g/mol. The Bertz CT molecular complexity index is 657. The summed E-state index contributed by atoms with van der Waals surface area (Å²) in [6, 6.07) is 9.48. The van der Waals surface area contributed by atoms with Gasteiger partial charge in [-0.2, -0.15) is 0 Å². The lowest BCUT2D eigenvalue weighted by Crippen LogP contribution is -2.07. The predicted molar refractivity (Wildman–Crippen MR) is 71.6 cm³/mol. The molecule has 0 radical (unpaired) electrons. The van der Waals surface area contributed by atoms with Crippen LogP contribution in [0.1, 0.15) is 5.56 Å². The largest absolute Gasteiger partial charge is 0.245 e. The summed E-state index contributed by atoms with van der Waals surface area (Å²) in [6.07, 6.45) is 1.44. The van der Waals surface area contributed by atoms with Crippen LogP contribution in [-0.2, 0) is 15.6 Å². The molecular weight excluding hydrogens is 293 g/mol. The van der Waals surface area contributed by atoms with Crippen molar-refractivity contribution in [2.24, 2.45) is 0 Å². The van der Waals surface area contributed by atoms with Crippen molar-refractivity contribution < 1.29 is 8.42 Å². The zero-order valence-corrected chi connectivity index (χ0v) is 11.5. The van der Waals surface area contributed by atoms with Gasteiger partial charge < -0.3 is 0 Å². The summed E-state index contributed by atoms with van der Waals surface area (Å²) in [5, 5.41) is 0.844. The molecule has 3 nitrogen and oxygen atoms in total. The Morgan fingerprint density at radius 2 is 1.89 bits per heavy atom. The fraction of sp³-hybridized carbons (Fsp3) is 0.0833. The minimum absolute atomic E-state index is 0.0380. The number of sulfone groups is 1. The lowest BCUT2D eigenvalue weighted by Gasteiger charge is -2.06. The van der Waals surface area contributed by atoms with Gasteiger partial charge in [0.1, 0.15) is 0 Å². The maximum Gasteiger partial charge on any atom is 0.199 e. The van der Waals surface area contributed by atoms with E-state index >= 15 is 0 Å². The third-order valence-corrected chi connectivity index (χ3v) is 4.47. The number of hydrogen-bond acceptors (Lipinski definition) is 3. The zero-order valence-electron chi connectivity index (χ0n) is 9.18. The number of benzene rings is 1. The third-order valence-electron chi connectivity index (χ3n) is 2.32. The number of nitrogens with zero attached hydrogens (tertiary/aromatic N) is 1. The van der Waals surface area contributed by atoms with Gasteiger partial charge >= 0.3 is 0 Å². The van der Waals surface area contributed by atoms with Gasteiger partial charge in [-0.05, 0) is 29.8 Å². The fourth-order valence-electron chi connectivity index (χ4n) is 1.45. The van der Waals surface area contributed by atoms with Crippen molar-refractivity contribution in [3.05, 3.63) is 58.2 Å². The Morgan fingerprint density at radius 3 is 2.50 bits per heavy atom. The van der Waals surface area contributed by atoms with E-state index in [9.17, 15) is 8.42 Å². The molecule has 0 atom stereocenters. The summed E-state index contributed by atoms with van der Waals surface area (Å²) in [6.45, 7) is 0. The Balaban J connectivity index is 2.34. The number of hydrogen-bond donors (Lipinski definition) is 0. The molecule has 0 bridgehead atoms. The van der Waals surface area contributed by atoms with Gasteiger partial charge in [-0.25, -0.2) is 13.4 Å². The van der Waals surface area contributed by atoms with Crippen LogP contribution >= 0.6 is 23.2 Å². The highest BCUT2D eigenvalue weighted by atomic mass is 35.5. The molecule has 0 aliphatic carbocycles. The van der Waals surface area contributed by atoms with E-state index in [4.69, 9.17) is 23.2 Å². The highest BCUT2D eigenvalue weighted by Crippen LogP contribution is 2.24. The van der Waals surface area contributed by atoms with E-state index < -0.39 is 9.84 Å². The van der Waals surface area contributed by atoms with Crippen LogP contribution in [0.5, 0.6) is 0 Å². The molecule has 0 unspecified atom stereocenters. The number of aromatic nitrogens is 1. The average Bonchev–Trinajstić information content (AvgIpc) is 2.34. The van der Waals surface area contributed by atoms with E-state index in [2.05, 4.69) is 4.98 Å². The molecule has 0 saturated carbocycles. The molecule has 0 N–H and O–H groups in total. The molecule has 1 aromatic heterocycles. The molecule has 6 heteroatoms. The van der Waals surface area contributed by atoms with Crippen LogP contribution < -0.4 is 0 Å². The van der Waals surface area contributed by atoms with Gasteiger partial charge in [0, 0.05) is 16.2 Å². The molecule has 94 valence electrons. The van der Waals surface area contributed by atoms with Gasteiger partial charge in [-0.1, -0.05) is 35.3 Å². The molecule has 1 aromatic carbocycles. The Hall–Kier alpha value is -1.10. The molecule has 0 fully saturated rings. The second-order valence-corrected chi connectivity index (χ2v) is 6.44. The van der Waals surface area contributed by atoms with Crippen LogP contribution in [0.15, 0.2) is 47.6 Å². The highest BCUT2D eigenvalue weighted by Gasteiger charge is 2.18. The quantitative estimate of drug-likeness (QED) is 0.873. The minimum atomic E-state index is -3.49. The molecule has 0 amide bonds. The Morgan fingerprint density at radius 1 is 1.11 bits per heavy atom. The minimum Gasteiger partial charge on any atom is -0.245 e. The highest BCUT2D eigenvalue weighted by molar-refractivity contribution is 7.90. The fourth-order valence-corrected chi connectivity index (χ4v) is 3.32. The topological polar surface area (TPSA) is 47.0 Å². The van der Waals surface area contributed by atoms with E-state index in [-0.39, 0.29) is 10.8 Å². The number of rotatable bonds is 3. The summed E-state index contributed by atoms with van der Waals surface area (Å²) < 4.78 is 24.2. The van der Waals surface area contributed by atoms with Crippen molar-refractivity contribution in [2.75, 3.05) is 0 Å². The van der Waals surface area contributed by atoms with Crippen LogP contribution in [0.2, 0.25) is 10.0 Å². The zero-order chi connectivity index (χ0) is 13.2. The van der Waals surface area contributed by atoms with Gasteiger partial charge in [0.15, 0.2) is 14.9 Å². The first-order valence-electron chi connectivity index (χ1n) is 5.07. The van der Waals surface area contributed by atoms with Crippen molar-refractivity contribution >= 4 is 33.0 Å². The summed E-state index contributed by atoms with van der Waals surface area (Å²) in [7, 11) is -3.49. The summed E-state index contributed by atoms with van der Waals surface area (Å²) in [5.41, 5.74) is 0.506. The third kappa shape index (κ3) is 3.02.